The summed E-state index contributed by atoms with van der Waals surface area (Å²) in [6, 6.07) is 11.9. The van der Waals surface area contributed by atoms with Crippen LogP contribution in [0.5, 0.6) is 0 Å². The van der Waals surface area contributed by atoms with Gasteiger partial charge in [-0.15, -0.1) is 0 Å². The molecule has 0 unspecified atom stereocenters. The molecule has 0 aliphatic carbocycles. The molecular formula is C13H8F2N2. The molecule has 0 spiro atoms. The van der Waals surface area contributed by atoms with Crippen LogP contribution in [0, 0.1) is 11.6 Å². The van der Waals surface area contributed by atoms with Gasteiger partial charge in [0.25, 0.3) is 0 Å². The van der Waals surface area contributed by atoms with E-state index in [4.69, 9.17) is 0 Å². The van der Waals surface area contributed by atoms with Crippen molar-refractivity contribution in [2.45, 2.75) is 0 Å². The summed E-state index contributed by atoms with van der Waals surface area (Å²) < 4.78 is 26.5. The predicted octanol–water partition coefficient (Wildman–Crippen LogP) is 3.51. The van der Waals surface area contributed by atoms with E-state index in [2.05, 4.69) is 9.97 Å². The molecule has 1 heterocycles. The monoisotopic (exact) mass is 230 g/mol. The molecular weight excluding hydrogens is 222 g/mol. The molecule has 2 aromatic carbocycles. The molecule has 84 valence electrons. The van der Waals surface area contributed by atoms with Crippen molar-refractivity contribution in [3.63, 3.8) is 0 Å². The molecule has 0 aliphatic heterocycles. The summed E-state index contributed by atoms with van der Waals surface area (Å²) >= 11 is 0. The number of aromatic amines is 1. The van der Waals surface area contributed by atoms with Gasteiger partial charge >= 0.3 is 0 Å². The van der Waals surface area contributed by atoms with Crippen LogP contribution in [0.3, 0.4) is 0 Å². The van der Waals surface area contributed by atoms with Gasteiger partial charge in [0.15, 0.2) is 11.6 Å². The third kappa shape index (κ3) is 1.58. The summed E-state index contributed by atoms with van der Waals surface area (Å²) in [5, 5.41) is 0. The molecule has 0 radical (unpaired) electrons. The van der Waals surface area contributed by atoms with Crippen molar-refractivity contribution in [2.75, 3.05) is 0 Å². The number of nitrogens with zero attached hydrogens (tertiary/aromatic N) is 1. The van der Waals surface area contributed by atoms with Crippen LogP contribution in [-0.2, 0) is 0 Å². The summed E-state index contributed by atoms with van der Waals surface area (Å²) in [5.41, 5.74) is 1.36. The number of benzene rings is 2. The van der Waals surface area contributed by atoms with E-state index in [9.17, 15) is 8.78 Å². The van der Waals surface area contributed by atoms with E-state index in [0.29, 0.717) is 11.3 Å². The van der Waals surface area contributed by atoms with Crippen molar-refractivity contribution >= 4 is 11.0 Å². The highest BCUT2D eigenvalue weighted by Gasteiger charge is 2.12. The van der Waals surface area contributed by atoms with E-state index in [1.54, 1.807) is 0 Å². The minimum Gasteiger partial charge on any atom is -0.338 e. The zero-order chi connectivity index (χ0) is 11.8. The number of fused-ring (bicyclic) bond motifs is 1. The first kappa shape index (κ1) is 9.96. The van der Waals surface area contributed by atoms with E-state index in [1.807, 2.05) is 30.3 Å². The summed E-state index contributed by atoms with van der Waals surface area (Å²) in [6.45, 7) is 0. The fourth-order valence-electron chi connectivity index (χ4n) is 1.75. The van der Waals surface area contributed by atoms with Gasteiger partial charge in [0.2, 0.25) is 0 Å². The maximum atomic E-state index is 13.5. The van der Waals surface area contributed by atoms with Crippen molar-refractivity contribution in [2.24, 2.45) is 0 Å². The van der Waals surface area contributed by atoms with Gasteiger partial charge in [-0.3, -0.25) is 0 Å². The second kappa shape index (κ2) is 3.66. The highest BCUT2D eigenvalue weighted by molar-refractivity contribution is 5.79. The lowest BCUT2D eigenvalue weighted by Crippen LogP contribution is -1.84. The SMILES string of the molecule is Fc1ccc2[nH]c(-c3ccccc3)nc2c1F. The normalized spacial score (nSPS) is 10.9. The first-order valence-corrected chi connectivity index (χ1v) is 5.15. The van der Waals surface area contributed by atoms with Crippen LogP contribution in [0.2, 0.25) is 0 Å². The minimum atomic E-state index is -0.916. The lowest BCUT2D eigenvalue weighted by molar-refractivity contribution is 0.515. The van der Waals surface area contributed by atoms with Crippen molar-refractivity contribution in [1.29, 1.82) is 0 Å². The summed E-state index contributed by atoms with van der Waals surface area (Å²) in [6.07, 6.45) is 0. The quantitative estimate of drug-likeness (QED) is 0.680. The zero-order valence-corrected chi connectivity index (χ0v) is 8.74. The van der Waals surface area contributed by atoms with Crippen LogP contribution < -0.4 is 0 Å². The summed E-state index contributed by atoms with van der Waals surface area (Å²) in [7, 11) is 0. The van der Waals surface area contributed by atoms with Crippen LogP contribution in [0.1, 0.15) is 0 Å². The predicted molar refractivity (Wildman–Crippen MR) is 61.4 cm³/mol. The molecule has 3 rings (SSSR count). The van der Waals surface area contributed by atoms with Gasteiger partial charge in [0.1, 0.15) is 11.3 Å². The Kier molecular flexibility index (Phi) is 2.14. The Bertz CT molecular complexity index is 674. The molecule has 1 aromatic heterocycles. The first-order chi connectivity index (χ1) is 8.25. The van der Waals surface area contributed by atoms with Crippen LogP contribution in [-0.4, -0.2) is 9.97 Å². The van der Waals surface area contributed by atoms with E-state index in [1.165, 1.54) is 6.07 Å². The summed E-state index contributed by atoms with van der Waals surface area (Å²) in [4.78, 5) is 7.03. The summed E-state index contributed by atoms with van der Waals surface area (Å²) in [5.74, 6) is -1.27. The molecule has 3 aromatic rings. The minimum absolute atomic E-state index is 0.0313. The standard InChI is InChI=1S/C13H8F2N2/c14-9-6-7-10-12(11(9)15)17-13(16-10)8-4-2-1-3-5-8/h1-7H,(H,16,17). The Balaban J connectivity index is 2.24. The number of halogens is 2. The second-order valence-electron chi connectivity index (χ2n) is 3.71. The molecule has 0 fully saturated rings. The van der Waals surface area contributed by atoms with Crippen molar-refractivity contribution < 1.29 is 8.78 Å². The molecule has 0 saturated heterocycles. The Morgan fingerprint density at radius 3 is 2.47 bits per heavy atom. The third-order valence-electron chi connectivity index (χ3n) is 2.59. The maximum Gasteiger partial charge on any atom is 0.186 e. The number of hydrogen-bond donors (Lipinski definition) is 1. The van der Waals surface area contributed by atoms with E-state index in [-0.39, 0.29) is 5.52 Å². The molecule has 0 saturated carbocycles. The Labute approximate surface area is 95.9 Å². The zero-order valence-electron chi connectivity index (χ0n) is 8.74. The highest BCUT2D eigenvalue weighted by atomic mass is 19.2. The molecule has 4 heteroatoms. The number of aromatic nitrogens is 2. The maximum absolute atomic E-state index is 13.5. The van der Waals surface area contributed by atoms with Gasteiger partial charge < -0.3 is 4.98 Å². The van der Waals surface area contributed by atoms with Gasteiger partial charge in [0.05, 0.1) is 5.52 Å². The third-order valence-corrected chi connectivity index (χ3v) is 2.59. The Morgan fingerprint density at radius 2 is 1.71 bits per heavy atom. The van der Waals surface area contributed by atoms with Crippen molar-refractivity contribution in [3.8, 4) is 11.4 Å². The molecule has 0 aliphatic rings. The van der Waals surface area contributed by atoms with E-state index >= 15 is 0 Å². The lowest BCUT2D eigenvalue weighted by Gasteiger charge is -1.93. The van der Waals surface area contributed by atoms with Gasteiger partial charge in [-0.1, -0.05) is 30.3 Å². The van der Waals surface area contributed by atoms with E-state index in [0.717, 1.165) is 11.6 Å². The van der Waals surface area contributed by atoms with Crippen molar-refractivity contribution in [3.05, 3.63) is 54.1 Å². The molecule has 0 amide bonds. The van der Waals surface area contributed by atoms with Gasteiger partial charge in [0, 0.05) is 5.56 Å². The molecule has 0 atom stereocenters. The van der Waals surface area contributed by atoms with E-state index < -0.39 is 11.6 Å². The lowest BCUT2D eigenvalue weighted by atomic mass is 10.2. The van der Waals surface area contributed by atoms with Crippen LogP contribution >= 0.6 is 0 Å². The number of nitrogens with one attached hydrogen (secondary N) is 1. The molecule has 2 nitrogen and oxygen atoms in total. The fraction of sp³-hybridized carbons (Fsp3) is 0. The smallest absolute Gasteiger partial charge is 0.186 e. The molecule has 0 bridgehead atoms. The first-order valence-electron chi connectivity index (χ1n) is 5.15. The molecule has 17 heavy (non-hydrogen) atoms. The fourth-order valence-corrected chi connectivity index (χ4v) is 1.75. The average molecular weight is 230 g/mol. The van der Waals surface area contributed by atoms with Crippen LogP contribution in [0.15, 0.2) is 42.5 Å². The van der Waals surface area contributed by atoms with Gasteiger partial charge in [-0.05, 0) is 12.1 Å². The second-order valence-corrected chi connectivity index (χ2v) is 3.71. The van der Waals surface area contributed by atoms with Gasteiger partial charge in [-0.2, -0.15) is 0 Å². The Morgan fingerprint density at radius 1 is 0.941 bits per heavy atom. The number of H-pyrrole nitrogens is 1. The topological polar surface area (TPSA) is 28.7 Å². The van der Waals surface area contributed by atoms with Crippen LogP contribution in [0.25, 0.3) is 22.4 Å². The van der Waals surface area contributed by atoms with Crippen LogP contribution in [0.4, 0.5) is 8.78 Å². The van der Waals surface area contributed by atoms with Crippen molar-refractivity contribution in [1.82, 2.24) is 9.97 Å². The number of rotatable bonds is 1. The van der Waals surface area contributed by atoms with Gasteiger partial charge in [-0.25, -0.2) is 13.8 Å². The highest BCUT2D eigenvalue weighted by Crippen LogP contribution is 2.23. The number of imidazole rings is 1. The average Bonchev–Trinajstić information content (AvgIpc) is 2.80. The largest absolute Gasteiger partial charge is 0.338 e. The Hall–Kier alpha value is -2.23. The molecule has 1 N–H and O–H groups in total. The number of hydrogen-bond acceptors (Lipinski definition) is 1.